The average Bonchev–Trinajstić information content (AvgIpc) is 2.12. The van der Waals surface area contributed by atoms with Crippen molar-refractivity contribution < 1.29 is 13.8 Å². The normalized spacial score (nSPS) is 32.6. The number of ether oxygens (including phenoxy) is 1. The Morgan fingerprint density at radius 3 is 2.45 bits per heavy atom. The van der Waals surface area contributed by atoms with Crippen LogP contribution in [0.1, 0.15) is 6.92 Å². The second-order valence-electron chi connectivity index (χ2n) is 3.41. The van der Waals surface area contributed by atoms with Gasteiger partial charge in [0, 0.05) is 19.2 Å². The van der Waals surface area contributed by atoms with Crippen LogP contribution in [0.2, 0.25) is 0 Å². The van der Waals surface area contributed by atoms with E-state index >= 15 is 0 Å². The molecule has 1 aliphatic heterocycles. The lowest BCUT2D eigenvalue weighted by Gasteiger charge is -2.17. The Morgan fingerprint density at radius 1 is 1.45 bits per heavy atom. The average molecular weight is 178 g/mol. The minimum absolute atomic E-state index is 0.0378. The fourth-order valence-corrected chi connectivity index (χ4v) is 2.02. The third-order valence-corrected chi connectivity index (χ3v) is 2.47. The first kappa shape index (κ1) is 9.24. The minimum atomic E-state index is -2.33. The summed E-state index contributed by atoms with van der Waals surface area (Å²) in [4.78, 5) is 0. The van der Waals surface area contributed by atoms with E-state index in [1.165, 1.54) is 0 Å². The van der Waals surface area contributed by atoms with Gasteiger partial charge < -0.3 is 9.26 Å². The topological polar surface area (TPSA) is 35.5 Å². The van der Waals surface area contributed by atoms with E-state index in [4.69, 9.17) is 9.26 Å². The van der Waals surface area contributed by atoms with Crippen LogP contribution in [-0.2, 0) is 13.8 Å². The summed E-state index contributed by atoms with van der Waals surface area (Å²) < 4.78 is 21.7. The summed E-state index contributed by atoms with van der Waals surface area (Å²) in [6, 6.07) is 0. The Kier molecular flexibility index (Phi) is 2.74. The first-order valence-electron chi connectivity index (χ1n) is 3.80. The van der Waals surface area contributed by atoms with Crippen molar-refractivity contribution in [3.8, 4) is 0 Å². The molecular weight excluding hydrogens is 163 g/mol. The zero-order valence-electron chi connectivity index (χ0n) is 7.24. The zero-order valence-corrected chi connectivity index (χ0v) is 8.14. The molecule has 0 aromatic rings. The highest BCUT2D eigenvalue weighted by Gasteiger charge is 2.28. The largest absolute Gasteiger partial charge is 0.378 e. The maximum atomic E-state index is 11.2. The molecule has 0 aromatic heterocycles. The van der Waals surface area contributed by atoms with Crippen molar-refractivity contribution in [1.82, 2.24) is 0 Å². The molecule has 0 aromatic carbocycles. The lowest BCUT2D eigenvalue weighted by molar-refractivity contribution is 0.142. The van der Waals surface area contributed by atoms with Gasteiger partial charge in [0.25, 0.3) is 0 Å². The third-order valence-electron chi connectivity index (χ3n) is 1.69. The predicted octanol–water partition coefficient (Wildman–Crippen LogP) is 1.58. The van der Waals surface area contributed by atoms with Crippen molar-refractivity contribution in [1.29, 1.82) is 0 Å². The molecule has 0 aliphatic carbocycles. The monoisotopic (exact) mass is 178 g/mol. The van der Waals surface area contributed by atoms with Crippen LogP contribution in [0.25, 0.3) is 0 Å². The van der Waals surface area contributed by atoms with Crippen molar-refractivity contribution >= 4 is 7.37 Å². The highest BCUT2D eigenvalue weighted by molar-refractivity contribution is 7.57. The summed E-state index contributed by atoms with van der Waals surface area (Å²) in [6.45, 7) is 6.64. The summed E-state index contributed by atoms with van der Waals surface area (Å²) in [5.74, 6) is 0.378. The molecular formula is C7H15O3P. The molecule has 66 valence electrons. The fourth-order valence-electron chi connectivity index (χ4n) is 1.10. The second kappa shape index (κ2) is 3.26. The van der Waals surface area contributed by atoms with Gasteiger partial charge in [0.05, 0.1) is 19.3 Å². The number of rotatable bonds is 2. The fraction of sp³-hybridized carbons (Fsp3) is 1.00. The van der Waals surface area contributed by atoms with Crippen LogP contribution in [0.5, 0.6) is 0 Å². The molecule has 0 spiro atoms. The van der Waals surface area contributed by atoms with Gasteiger partial charge in [-0.15, -0.1) is 0 Å². The Balaban J connectivity index is 2.43. The quantitative estimate of drug-likeness (QED) is 0.602. The van der Waals surface area contributed by atoms with Crippen molar-refractivity contribution in [3.05, 3.63) is 0 Å². The molecule has 0 N–H and O–H groups in total. The van der Waals surface area contributed by atoms with Gasteiger partial charge in [-0.3, -0.25) is 4.57 Å². The Labute approximate surface area is 67.5 Å². The molecule has 0 bridgehead atoms. The highest BCUT2D eigenvalue weighted by atomic mass is 31.2. The standard InChI is InChI=1S/C7H15O3P/c1-6-4-9-5-7(6)10-11(2,3)8/h6-7H,4-5H2,1-3H3. The summed E-state index contributed by atoms with van der Waals surface area (Å²) in [7, 11) is -2.33. The van der Waals surface area contributed by atoms with E-state index in [1.807, 2.05) is 6.92 Å². The molecule has 1 saturated heterocycles. The molecule has 4 heteroatoms. The maximum absolute atomic E-state index is 11.2. The SMILES string of the molecule is CC1COCC1OP(C)(C)=O. The molecule has 2 unspecified atom stereocenters. The van der Waals surface area contributed by atoms with E-state index in [2.05, 4.69) is 0 Å². The van der Waals surface area contributed by atoms with E-state index in [9.17, 15) is 4.57 Å². The summed E-state index contributed by atoms with van der Waals surface area (Å²) in [5.41, 5.74) is 0. The highest BCUT2D eigenvalue weighted by Crippen LogP contribution is 2.41. The third kappa shape index (κ3) is 2.94. The van der Waals surface area contributed by atoms with Crippen LogP contribution < -0.4 is 0 Å². The van der Waals surface area contributed by atoms with Crippen LogP contribution in [0.15, 0.2) is 0 Å². The molecule has 11 heavy (non-hydrogen) atoms. The van der Waals surface area contributed by atoms with Crippen molar-refractivity contribution in [3.63, 3.8) is 0 Å². The Bertz CT molecular complexity index is 175. The lowest BCUT2D eigenvalue weighted by atomic mass is 10.1. The van der Waals surface area contributed by atoms with Crippen LogP contribution in [-0.4, -0.2) is 32.6 Å². The van der Waals surface area contributed by atoms with Crippen LogP contribution in [0, 0.1) is 5.92 Å². The molecule has 0 saturated carbocycles. The van der Waals surface area contributed by atoms with Gasteiger partial charge >= 0.3 is 0 Å². The summed E-state index contributed by atoms with van der Waals surface area (Å²) >= 11 is 0. The smallest absolute Gasteiger partial charge is 0.197 e. The molecule has 0 radical (unpaired) electrons. The minimum Gasteiger partial charge on any atom is -0.378 e. The zero-order chi connectivity index (χ0) is 8.48. The van der Waals surface area contributed by atoms with Crippen molar-refractivity contribution in [2.45, 2.75) is 13.0 Å². The van der Waals surface area contributed by atoms with E-state index in [0.29, 0.717) is 12.5 Å². The van der Waals surface area contributed by atoms with Gasteiger partial charge in [-0.2, -0.15) is 0 Å². The number of hydrogen-bond donors (Lipinski definition) is 0. The molecule has 2 atom stereocenters. The van der Waals surface area contributed by atoms with Crippen molar-refractivity contribution in [2.24, 2.45) is 5.92 Å². The Hall–Kier alpha value is 0.150. The van der Waals surface area contributed by atoms with E-state index in [0.717, 1.165) is 6.61 Å². The molecule has 1 fully saturated rings. The number of hydrogen-bond acceptors (Lipinski definition) is 3. The maximum Gasteiger partial charge on any atom is 0.197 e. The van der Waals surface area contributed by atoms with Crippen LogP contribution >= 0.6 is 7.37 Å². The van der Waals surface area contributed by atoms with E-state index in [-0.39, 0.29) is 6.10 Å². The van der Waals surface area contributed by atoms with E-state index < -0.39 is 7.37 Å². The summed E-state index contributed by atoms with van der Waals surface area (Å²) in [5, 5.41) is 0. The molecule has 1 aliphatic rings. The summed E-state index contributed by atoms with van der Waals surface area (Å²) in [6.07, 6.45) is 0.0378. The van der Waals surface area contributed by atoms with Crippen LogP contribution in [0.3, 0.4) is 0 Å². The van der Waals surface area contributed by atoms with Gasteiger partial charge in [0.2, 0.25) is 0 Å². The Morgan fingerprint density at radius 2 is 2.09 bits per heavy atom. The van der Waals surface area contributed by atoms with Gasteiger partial charge in [-0.25, -0.2) is 0 Å². The molecule has 3 nitrogen and oxygen atoms in total. The lowest BCUT2D eigenvalue weighted by Crippen LogP contribution is -2.18. The molecule has 1 rings (SSSR count). The van der Waals surface area contributed by atoms with Gasteiger partial charge in [-0.1, -0.05) is 6.92 Å². The molecule has 1 heterocycles. The van der Waals surface area contributed by atoms with Gasteiger partial charge in [0.15, 0.2) is 7.37 Å². The second-order valence-corrected chi connectivity index (χ2v) is 6.13. The van der Waals surface area contributed by atoms with Gasteiger partial charge in [0.1, 0.15) is 0 Å². The van der Waals surface area contributed by atoms with Gasteiger partial charge in [-0.05, 0) is 0 Å². The molecule has 0 amide bonds. The van der Waals surface area contributed by atoms with E-state index in [1.54, 1.807) is 13.3 Å². The first-order valence-corrected chi connectivity index (χ1v) is 6.32. The first-order chi connectivity index (χ1) is 4.99. The van der Waals surface area contributed by atoms with Crippen LogP contribution in [0.4, 0.5) is 0 Å². The predicted molar refractivity (Wildman–Crippen MR) is 44.3 cm³/mol. The van der Waals surface area contributed by atoms with Crippen molar-refractivity contribution in [2.75, 3.05) is 26.5 Å².